The Morgan fingerprint density at radius 3 is 2.00 bits per heavy atom. The van der Waals surface area contributed by atoms with Crippen molar-refractivity contribution < 1.29 is 9.53 Å². The number of hydrogen-bond acceptors (Lipinski definition) is 2. The Morgan fingerprint density at radius 1 is 0.733 bits per heavy atom. The van der Waals surface area contributed by atoms with Gasteiger partial charge in [-0.3, -0.25) is 4.79 Å². The predicted octanol–water partition coefficient (Wildman–Crippen LogP) is 7.17. The molecule has 0 bridgehead atoms. The highest BCUT2D eigenvalue weighted by molar-refractivity contribution is 14.1. The van der Waals surface area contributed by atoms with Gasteiger partial charge in [-0.15, -0.1) is 0 Å². The van der Waals surface area contributed by atoms with Crippen LogP contribution in [0.2, 0.25) is 0 Å². The van der Waals surface area contributed by atoms with Crippen molar-refractivity contribution >= 4 is 28.4 Å². The Labute approximate surface area is 190 Å². The second-order valence-electron chi connectivity index (χ2n) is 7.15. The molecule has 0 radical (unpaired) electrons. The predicted molar refractivity (Wildman–Crippen MR) is 131 cm³/mol. The molecule has 0 atom stereocenters. The smallest absolute Gasteiger partial charge is 0.193 e. The van der Waals surface area contributed by atoms with Crippen molar-refractivity contribution in [2.75, 3.05) is 7.11 Å². The molecule has 0 aromatic heterocycles. The van der Waals surface area contributed by atoms with Crippen molar-refractivity contribution in [3.05, 3.63) is 111 Å². The molecule has 30 heavy (non-hydrogen) atoms. The van der Waals surface area contributed by atoms with Crippen LogP contribution in [0.4, 0.5) is 0 Å². The number of ketones is 1. The summed E-state index contributed by atoms with van der Waals surface area (Å²) in [5.41, 5.74) is 7.14. The molecule has 0 saturated heterocycles. The zero-order valence-corrected chi connectivity index (χ0v) is 19.0. The topological polar surface area (TPSA) is 26.3 Å². The van der Waals surface area contributed by atoms with Gasteiger partial charge in [0.15, 0.2) is 5.78 Å². The van der Waals surface area contributed by atoms with Crippen molar-refractivity contribution in [2.24, 2.45) is 0 Å². The van der Waals surface area contributed by atoms with E-state index < -0.39 is 0 Å². The zero-order valence-electron chi connectivity index (χ0n) is 16.9. The zero-order chi connectivity index (χ0) is 21.1. The van der Waals surface area contributed by atoms with E-state index in [0.29, 0.717) is 11.1 Å². The highest BCUT2D eigenvalue weighted by atomic mass is 127. The summed E-state index contributed by atoms with van der Waals surface area (Å²) in [7, 11) is 1.70. The van der Waals surface area contributed by atoms with E-state index in [1.807, 2.05) is 54.6 Å². The molecule has 0 N–H and O–H groups in total. The van der Waals surface area contributed by atoms with Crippen LogP contribution in [0.5, 0.6) is 5.75 Å². The second kappa shape index (κ2) is 8.84. The van der Waals surface area contributed by atoms with E-state index in [-0.39, 0.29) is 5.78 Å². The summed E-state index contributed by atoms with van der Waals surface area (Å²) in [6.07, 6.45) is 0. The summed E-state index contributed by atoms with van der Waals surface area (Å²) in [5, 5.41) is 0. The van der Waals surface area contributed by atoms with Crippen LogP contribution in [-0.4, -0.2) is 12.9 Å². The summed E-state index contributed by atoms with van der Waals surface area (Å²) in [4.78, 5) is 12.6. The minimum Gasteiger partial charge on any atom is -0.496 e. The molecule has 0 fully saturated rings. The molecule has 2 nitrogen and oxygen atoms in total. The van der Waals surface area contributed by atoms with E-state index in [0.717, 1.165) is 31.6 Å². The van der Waals surface area contributed by atoms with Gasteiger partial charge in [0.1, 0.15) is 5.75 Å². The maximum atomic E-state index is 12.6. The molecular weight excluding hydrogens is 483 g/mol. The maximum absolute atomic E-state index is 12.6. The fourth-order valence-corrected chi connectivity index (χ4v) is 4.12. The molecule has 0 aliphatic rings. The maximum Gasteiger partial charge on any atom is 0.193 e. The van der Waals surface area contributed by atoms with Crippen LogP contribution < -0.4 is 4.74 Å². The number of hydrogen-bond donors (Lipinski definition) is 0. The lowest BCUT2D eigenvalue weighted by atomic mass is 9.94. The van der Waals surface area contributed by atoms with E-state index in [9.17, 15) is 4.79 Å². The van der Waals surface area contributed by atoms with Crippen LogP contribution in [0.15, 0.2) is 91.0 Å². The molecule has 0 unspecified atom stereocenters. The van der Waals surface area contributed by atoms with Gasteiger partial charge in [-0.1, -0.05) is 78.9 Å². The summed E-state index contributed by atoms with van der Waals surface area (Å²) < 4.78 is 6.55. The van der Waals surface area contributed by atoms with E-state index in [1.165, 1.54) is 5.56 Å². The average Bonchev–Trinajstić information content (AvgIpc) is 2.79. The third-order valence-electron chi connectivity index (χ3n) is 5.20. The molecular formula is C27H21IO2. The van der Waals surface area contributed by atoms with Crippen LogP contribution >= 0.6 is 22.6 Å². The standard InChI is InChI=1S/C27H21IO2/c1-18-16-22(23-13-15-25(28)26(17-23)30-2)12-14-24(18)19-8-10-21(11-9-19)27(29)20-6-4-3-5-7-20/h3-17H,1-2H3. The molecule has 3 heteroatoms. The fourth-order valence-electron chi connectivity index (χ4n) is 3.56. The normalized spacial score (nSPS) is 10.6. The third-order valence-corrected chi connectivity index (χ3v) is 6.10. The Hall–Kier alpha value is -2.92. The van der Waals surface area contributed by atoms with Gasteiger partial charge in [0.05, 0.1) is 10.7 Å². The number of methoxy groups -OCH3 is 1. The van der Waals surface area contributed by atoms with Gasteiger partial charge in [-0.2, -0.15) is 0 Å². The van der Waals surface area contributed by atoms with Gasteiger partial charge in [0, 0.05) is 11.1 Å². The quantitative estimate of drug-likeness (QED) is 0.213. The molecule has 0 aliphatic heterocycles. The molecule has 4 rings (SSSR count). The van der Waals surface area contributed by atoms with Crippen LogP contribution in [0.1, 0.15) is 21.5 Å². The number of aryl methyl sites for hydroxylation is 1. The van der Waals surface area contributed by atoms with Gasteiger partial charge in [0.25, 0.3) is 0 Å². The molecule has 0 saturated carbocycles. The SMILES string of the molecule is COc1cc(-c2ccc(-c3ccc(C(=O)c4ccccc4)cc3)c(C)c2)ccc1I. The second-order valence-corrected chi connectivity index (χ2v) is 8.31. The Kier molecular flexibility index (Phi) is 6.00. The lowest BCUT2D eigenvalue weighted by Crippen LogP contribution is -2.00. The summed E-state index contributed by atoms with van der Waals surface area (Å²) in [5.74, 6) is 0.926. The van der Waals surface area contributed by atoms with Gasteiger partial charge in [-0.05, 0) is 69.5 Å². The average molecular weight is 504 g/mol. The Balaban J connectivity index is 1.61. The fraction of sp³-hybridized carbons (Fsp3) is 0.0741. The van der Waals surface area contributed by atoms with E-state index >= 15 is 0 Å². The first kappa shape index (κ1) is 20.4. The molecule has 0 aliphatic carbocycles. The van der Waals surface area contributed by atoms with Crippen molar-refractivity contribution in [3.63, 3.8) is 0 Å². The molecule has 0 spiro atoms. The summed E-state index contributed by atoms with van der Waals surface area (Å²) in [6, 6.07) is 29.9. The minimum absolute atomic E-state index is 0.0434. The number of halogens is 1. The summed E-state index contributed by atoms with van der Waals surface area (Å²) >= 11 is 2.28. The molecule has 4 aromatic carbocycles. The van der Waals surface area contributed by atoms with Gasteiger partial charge in [-0.25, -0.2) is 0 Å². The van der Waals surface area contributed by atoms with Crippen molar-refractivity contribution in [1.82, 2.24) is 0 Å². The largest absolute Gasteiger partial charge is 0.496 e. The lowest BCUT2D eigenvalue weighted by Gasteiger charge is -2.11. The van der Waals surface area contributed by atoms with Crippen molar-refractivity contribution in [3.8, 4) is 28.0 Å². The highest BCUT2D eigenvalue weighted by Crippen LogP contribution is 2.32. The van der Waals surface area contributed by atoms with Gasteiger partial charge < -0.3 is 4.74 Å². The molecule has 0 heterocycles. The van der Waals surface area contributed by atoms with Crippen LogP contribution in [0, 0.1) is 10.5 Å². The third kappa shape index (κ3) is 4.17. The van der Waals surface area contributed by atoms with Crippen LogP contribution in [-0.2, 0) is 0 Å². The van der Waals surface area contributed by atoms with Gasteiger partial charge in [0.2, 0.25) is 0 Å². The van der Waals surface area contributed by atoms with E-state index in [4.69, 9.17) is 4.74 Å². The number of ether oxygens (including phenoxy) is 1. The molecule has 0 amide bonds. The van der Waals surface area contributed by atoms with Crippen molar-refractivity contribution in [1.29, 1.82) is 0 Å². The summed E-state index contributed by atoms with van der Waals surface area (Å²) in [6.45, 7) is 2.12. The Morgan fingerprint density at radius 2 is 1.33 bits per heavy atom. The molecule has 148 valence electrons. The minimum atomic E-state index is 0.0434. The van der Waals surface area contributed by atoms with E-state index in [2.05, 4.69) is 65.9 Å². The van der Waals surface area contributed by atoms with Crippen LogP contribution in [0.3, 0.4) is 0 Å². The van der Waals surface area contributed by atoms with E-state index in [1.54, 1.807) is 7.11 Å². The molecule has 4 aromatic rings. The number of rotatable bonds is 5. The number of carbonyl (C=O) groups excluding carboxylic acids is 1. The van der Waals surface area contributed by atoms with Gasteiger partial charge >= 0.3 is 0 Å². The lowest BCUT2D eigenvalue weighted by molar-refractivity contribution is 0.103. The van der Waals surface area contributed by atoms with Crippen LogP contribution in [0.25, 0.3) is 22.3 Å². The first-order valence-electron chi connectivity index (χ1n) is 9.71. The monoisotopic (exact) mass is 504 g/mol. The Bertz CT molecular complexity index is 1200. The number of carbonyl (C=O) groups is 1. The number of benzene rings is 4. The first-order valence-corrected chi connectivity index (χ1v) is 10.8. The highest BCUT2D eigenvalue weighted by Gasteiger charge is 2.10. The van der Waals surface area contributed by atoms with Crippen molar-refractivity contribution in [2.45, 2.75) is 6.92 Å². The first-order chi connectivity index (χ1) is 14.6.